The predicted molar refractivity (Wildman–Crippen MR) is 76.4 cm³/mol. The number of H-pyrrole nitrogens is 1. The van der Waals surface area contributed by atoms with Crippen molar-refractivity contribution in [2.45, 2.75) is 6.92 Å². The van der Waals surface area contributed by atoms with Crippen molar-refractivity contribution in [1.82, 2.24) is 4.98 Å². The van der Waals surface area contributed by atoms with Gasteiger partial charge in [0.1, 0.15) is 6.26 Å². The van der Waals surface area contributed by atoms with Gasteiger partial charge in [0.15, 0.2) is 6.61 Å². The highest BCUT2D eigenvalue weighted by Crippen LogP contribution is 2.22. The van der Waals surface area contributed by atoms with E-state index in [4.69, 9.17) is 9.15 Å². The zero-order valence-electron chi connectivity index (χ0n) is 11.4. The van der Waals surface area contributed by atoms with Crippen LogP contribution < -0.4 is 0 Å². The first-order valence-corrected chi connectivity index (χ1v) is 6.46. The van der Waals surface area contributed by atoms with E-state index in [9.17, 15) is 9.59 Å². The normalized spacial score (nSPS) is 10.7. The molecule has 1 aromatic carbocycles. The zero-order valence-corrected chi connectivity index (χ0v) is 11.4. The minimum Gasteiger partial charge on any atom is -0.472 e. The first-order chi connectivity index (χ1) is 10.2. The zero-order chi connectivity index (χ0) is 14.8. The number of nitrogens with one attached hydrogen (secondary N) is 1. The number of para-hydroxylation sites is 1. The van der Waals surface area contributed by atoms with E-state index in [1.54, 1.807) is 0 Å². The molecule has 5 heteroatoms. The van der Waals surface area contributed by atoms with E-state index in [0.29, 0.717) is 11.1 Å². The van der Waals surface area contributed by atoms with E-state index >= 15 is 0 Å². The van der Waals surface area contributed by atoms with Crippen LogP contribution in [0.5, 0.6) is 0 Å². The Balaban J connectivity index is 1.78. The second kappa shape index (κ2) is 5.28. The van der Waals surface area contributed by atoms with Crippen LogP contribution in [0.1, 0.15) is 26.4 Å². The number of carbonyl (C=O) groups excluding carboxylic acids is 2. The molecule has 21 heavy (non-hydrogen) atoms. The van der Waals surface area contributed by atoms with Gasteiger partial charge in [0.25, 0.3) is 0 Å². The summed E-state index contributed by atoms with van der Waals surface area (Å²) in [5, 5.41) is 0.833. The third-order valence-electron chi connectivity index (χ3n) is 3.26. The molecular weight excluding hydrogens is 270 g/mol. The van der Waals surface area contributed by atoms with Gasteiger partial charge >= 0.3 is 5.97 Å². The van der Waals surface area contributed by atoms with Crippen molar-refractivity contribution in [2.24, 2.45) is 0 Å². The summed E-state index contributed by atoms with van der Waals surface area (Å²) in [6, 6.07) is 9.01. The molecule has 0 saturated heterocycles. The van der Waals surface area contributed by atoms with E-state index in [1.807, 2.05) is 31.2 Å². The first-order valence-electron chi connectivity index (χ1n) is 6.46. The molecule has 0 atom stereocenters. The lowest BCUT2D eigenvalue weighted by Gasteiger charge is -2.03. The molecule has 0 amide bonds. The van der Waals surface area contributed by atoms with Gasteiger partial charge in [0.2, 0.25) is 5.78 Å². The van der Waals surface area contributed by atoms with Gasteiger partial charge in [-0.15, -0.1) is 0 Å². The number of aryl methyl sites for hydroxylation is 1. The van der Waals surface area contributed by atoms with E-state index in [1.165, 1.54) is 18.6 Å². The lowest BCUT2D eigenvalue weighted by Crippen LogP contribution is -2.14. The Bertz CT molecular complexity index is 799. The van der Waals surface area contributed by atoms with Crippen LogP contribution in [0.4, 0.5) is 0 Å². The fourth-order valence-electron chi connectivity index (χ4n) is 2.30. The minimum absolute atomic E-state index is 0.234. The number of ketones is 1. The topological polar surface area (TPSA) is 72.3 Å². The highest BCUT2D eigenvalue weighted by Gasteiger charge is 2.18. The van der Waals surface area contributed by atoms with Gasteiger partial charge in [-0.1, -0.05) is 18.2 Å². The molecule has 2 heterocycles. The second-order valence-corrected chi connectivity index (χ2v) is 4.68. The van der Waals surface area contributed by atoms with Gasteiger partial charge in [-0.25, -0.2) is 4.79 Å². The van der Waals surface area contributed by atoms with E-state index in [0.717, 1.165) is 16.6 Å². The first kappa shape index (κ1) is 13.2. The minimum atomic E-state index is -0.574. The van der Waals surface area contributed by atoms with Crippen molar-refractivity contribution in [3.8, 4) is 0 Å². The van der Waals surface area contributed by atoms with Crippen molar-refractivity contribution in [3.63, 3.8) is 0 Å². The third kappa shape index (κ3) is 2.45. The molecule has 0 radical (unpaired) electrons. The van der Waals surface area contributed by atoms with Gasteiger partial charge in [-0.2, -0.15) is 0 Å². The second-order valence-electron chi connectivity index (χ2n) is 4.68. The number of hydrogen-bond acceptors (Lipinski definition) is 4. The average Bonchev–Trinajstić information content (AvgIpc) is 3.10. The highest BCUT2D eigenvalue weighted by atomic mass is 16.5. The fourth-order valence-corrected chi connectivity index (χ4v) is 2.30. The third-order valence-corrected chi connectivity index (χ3v) is 3.26. The molecule has 2 aromatic heterocycles. The maximum atomic E-state index is 12.3. The molecule has 0 aliphatic rings. The Morgan fingerprint density at radius 1 is 1.24 bits per heavy atom. The molecule has 5 nitrogen and oxygen atoms in total. The van der Waals surface area contributed by atoms with Crippen LogP contribution in [0.2, 0.25) is 0 Å². The summed E-state index contributed by atoms with van der Waals surface area (Å²) in [6.45, 7) is 1.53. The Kier molecular flexibility index (Phi) is 3.31. The van der Waals surface area contributed by atoms with Crippen molar-refractivity contribution >= 4 is 22.7 Å². The van der Waals surface area contributed by atoms with Crippen LogP contribution in [0, 0.1) is 6.92 Å². The van der Waals surface area contributed by atoms with Crippen molar-refractivity contribution < 1.29 is 18.7 Å². The summed E-state index contributed by atoms with van der Waals surface area (Å²) in [5.74, 6) is -0.809. The number of hydrogen-bond donors (Lipinski definition) is 1. The summed E-state index contributed by atoms with van der Waals surface area (Å²) in [4.78, 5) is 27.1. The van der Waals surface area contributed by atoms with Crippen LogP contribution in [0.3, 0.4) is 0 Å². The van der Waals surface area contributed by atoms with E-state index in [2.05, 4.69) is 4.98 Å². The number of carbonyl (C=O) groups is 2. The van der Waals surface area contributed by atoms with Gasteiger partial charge in [-0.05, 0) is 19.1 Å². The summed E-state index contributed by atoms with van der Waals surface area (Å²) in [6.07, 6.45) is 2.66. The van der Waals surface area contributed by atoms with Crippen molar-refractivity contribution in [2.75, 3.05) is 6.61 Å². The standard InChI is InChI=1S/C16H13NO4/c1-10-15(12-4-2-3-5-13(12)17-10)14(18)9-21-16(19)11-6-7-20-8-11/h2-8,17H,9H2,1H3. The van der Waals surface area contributed by atoms with Crippen LogP contribution in [-0.2, 0) is 4.74 Å². The maximum Gasteiger partial charge on any atom is 0.341 e. The number of fused-ring (bicyclic) bond motifs is 1. The molecule has 0 unspecified atom stereocenters. The number of esters is 1. The summed E-state index contributed by atoms with van der Waals surface area (Å²) >= 11 is 0. The molecule has 1 N–H and O–H groups in total. The molecule has 3 rings (SSSR count). The van der Waals surface area contributed by atoms with E-state index < -0.39 is 5.97 Å². The molecule has 0 aliphatic heterocycles. The van der Waals surface area contributed by atoms with E-state index in [-0.39, 0.29) is 12.4 Å². The lowest BCUT2D eigenvalue weighted by atomic mass is 10.1. The van der Waals surface area contributed by atoms with Gasteiger partial charge in [-0.3, -0.25) is 4.79 Å². The molecule has 3 aromatic rings. The molecule has 0 bridgehead atoms. The molecule has 0 aliphatic carbocycles. The van der Waals surface area contributed by atoms with Gasteiger partial charge in [0.05, 0.1) is 11.8 Å². The largest absolute Gasteiger partial charge is 0.472 e. The smallest absolute Gasteiger partial charge is 0.341 e. The number of aromatic amines is 1. The molecule has 0 saturated carbocycles. The van der Waals surface area contributed by atoms with Crippen LogP contribution >= 0.6 is 0 Å². The Morgan fingerprint density at radius 3 is 2.81 bits per heavy atom. The van der Waals surface area contributed by atoms with Crippen molar-refractivity contribution in [3.05, 3.63) is 59.7 Å². The maximum absolute atomic E-state index is 12.3. The summed E-state index contributed by atoms with van der Waals surface area (Å²) < 4.78 is 9.81. The summed E-state index contributed by atoms with van der Waals surface area (Å²) in [7, 11) is 0. The number of benzene rings is 1. The van der Waals surface area contributed by atoms with Gasteiger partial charge < -0.3 is 14.1 Å². The van der Waals surface area contributed by atoms with Crippen LogP contribution in [-0.4, -0.2) is 23.3 Å². The number of ether oxygens (including phenoxy) is 1. The van der Waals surface area contributed by atoms with Crippen molar-refractivity contribution in [1.29, 1.82) is 0 Å². The SMILES string of the molecule is Cc1[nH]c2ccccc2c1C(=O)COC(=O)c1ccoc1. The lowest BCUT2D eigenvalue weighted by molar-refractivity contribution is 0.0474. The number of rotatable bonds is 4. The average molecular weight is 283 g/mol. The van der Waals surface area contributed by atoms with Crippen LogP contribution in [0.15, 0.2) is 47.3 Å². The fraction of sp³-hybridized carbons (Fsp3) is 0.125. The molecule has 106 valence electrons. The quantitative estimate of drug-likeness (QED) is 0.590. The summed E-state index contributed by atoms with van der Waals surface area (Å²) in [5.41, 5.74) is 2.50. The molecule has 0 spiro atoms. The Hall–Kier alpha value is -2.82. The van der Waals surface area contributed by atoms with Crippen LogP contribution in [0.25, 0.3) is 10.9 Å². The molecular formula is C16H13NO4. The van der Waals surface area contributed by atoms with Gasteiger partial charge in [0, 0.05) is 22.2 Å². The monoisotopic (exact) mass is 283 g/mol. The predicted octanol–water partition coefficient (Wildman–Crippen LogP) is 3.11. The Morgan fingerprint density at radius 2 is 2.05 bits per heavy atom. The Labute approximate surface area is 120 Å². The highest BCUT2D eigenvalue weighted by molar-refractivity contribution is 6.10. The number of aromatic nitrogens is 1. The number of Topliss-reactive ketones (excluding diaryl/α,β-unsaturated/α-hetero) is 1. The number of furan rings is 1. The molecule has 0 fully saturated rings.